The topological polar surface area (TPSA) is 146 Å². The van der Waals surface area contributed by atoms with Gasteiger partial charge in [0, 0.05) is 38.3 Å². The first-order chi connectivity index (χ1) is 22.1. The Morgan fingerprint density at radius 1 is 0.652 bits per heavy atom. The molecule has 0 aromatic heterocycles. The maximum atomic E-state index is 14.7. The van der Waals surface area contributed by atoms with Crippen molar-refractivity contribution in [2.24, 2.45) is 0 Å². The van der Waals surface area contributed by atoms with Crippen molar-refractivity contribution in [3.05, 3.63) is 59.7 Å². The second-order valence-corrected chi connectivity index (χ2v) is 18.7. The zero-order chi connectivity index (χ0) is 31.8. The van der Waals surface area contributed by atoms with E-state index in [2.05, 4.69) is 10.6 Å². The maximum absolute atomic E-state index is 14.7. The minimum absolute atomic E-state index is 0.223. The Morgan fingerprint density at radius 3 is 1.43 bits per heavy atom. The summed E-state index contributed by atoms with van der Waals surface area (Å²) in [4.78, 5) is 59.0. The number of aliphatic hydroxyl groups excluding tert-OH is 2. The highest BCUT2D eigenvalue weighted by atomic mass is 33.1. The van der Waals surface area contributed by atoms with Gasteiger partial charge in [-0.25, -0.2) is 0 Å². The molecule has 0 unspecified atom stereocenters. The SMILES string of the molecule is CN1C(=O)[C@@]23C[C@]4([C@]56C[C@@]78SS[C@](CO)(C(=O)N7[C@@H]5Nc5ccccc56)N(C)C8=O)c5ccccc5N[C@H]4N2C(=O)[C@]1(CO)SS3. The second kappa shape index (κ2) is 8.26. The van der Waals surface area contributed by atoms with Crippen molar-refractivity contribution in [1.82, 2.24) is 19.6 Å². The minimum Gasteiger partial charge on any atom is -0.392 e. The number of benzene rings is 2. The molecule has 0 radical (unpaired) electrons. The van der Waals surface area contributed by atoms with E-state index < -0.39 is 55.9 Å². The summed E-state index contributed by atoms with van der Waals surface area (Å²) in [6, 6.07) is 15.8. The Kier molecular flexibility index (Phi) is 5.08. The van der Waals surface area contributed by atoms with Gasteiger partial charge < -0.3 is 30.6 Å². The Hall–Kier alpha value is -2.76. The van der Waals surface area contributed by atoms with Crippen LogP contribution in [0.2, 0.25) is 0 Å². The molecule has 0 saturated carbocycles. The predicted molar refractivity (Wildman–Crippen MR) is 175 cm³/mol. The fourth-order valence-corrected chi connectivity index (χ4v) is 17.2. The van der Waals surface area contributed by atoms with Gasteiger partial charge in [-0.05, 0) is 44.8 Å². The molecule has 4 amide bonds. The first-order valence-corrected chi connectivity index (χ1v) is 19.3. The van der Waals surface area contributed by atoms with E-state index in [1.54, 1.807) is 23.9 Å². The highest BCUT2D eigenvalue weighted by Gasteiger charge is 2.87. The highest BCUT2D eigenvalue weighted by molar-refractivity contribution is 8.78. The lowest BCUT2D eigenvalue weighted by molar-refractivity contribution is -0.166. The summed E-state index contributed by atoms with van der Waals surface area (Å²) in [5.74, 6) is -1.19. The van der Waals surface area contributed by atoms with Crippen LogP contribution in [0.4, 0.5) is 11.4 Å². The lowest BCUT2D eigenvalue weighted by Gasteiger charge is -2.57. The van der Waals surface area contributed by atoms with Gasteiger partial charge in [0.05, 0.1) is 24.0 Å². The molecule has 16 heteroatoms. The number of nitrogens with zero attached hydrogens (tertiary/aromatic N) is 4. The Labute approximate surface area is 279 Å². The average Bonchev–Trinajstić information content (AvgIpc) is 3.75. The molecule has 8 saturated heterocycles. The number of carbonyl (C=O) groups is 4. The summed E-state index contributed by atoms with van der Waals surface area (Å²) in [5, 5.41) is 28.6. The molecule has 4 bridgehead atoms. The van der Waals surface area contributed by atoms with Crippen LogP contribution >= 0.6 is 43.2 Å². The molecule has 2 aromatic carbocycles. The molecule has 8 fully saturated rings. The highest BCUT2D eigenvalue weighted by Crippen LogP contribution is 2.78. The number of anilines is 2. The van der Waals surface area contributed by atoms with E-state index in [0.717, 1.165) is 22.5 Å². The Bertz CT molecular complexity index is 1740. The number of para-hydroxylation sites is 2. The number of hydrogen-bond acceptors (Lipinski definition) is 12. The van der Waals surface area contributed by atoms with Gasteiger partial charge in [0.2, 0.25) is 9.74 Å². The van der Waals surface area contributed by atoms with Crippen molar-refractivity contribution in [2.75, 3.05) is 37.9 Å². The second-order valence-electron chi connectivity index (χ2n) is 13.3. The number of rotatable bonds is 3. The molecule has 10 aliphatic heterocycles. The van der Waals surface area contributed by atoms with E-state index in [9.17, 15) is 29.4 Å². The standard InChI is InChI=1S/C30H28N6O6S4/c1-33-21(39)27-11-25(15-7-3-5-9-17(15)31-19(25)35(27)23(41)29(33,13-37)45-43-27)26-12-28-22(40)34(2)30(14-38,46-44-28)24(42)36(28)20(26)32-18-10-6-4-8-16(18)26/h3-10,19-20,31-32,37-38H,11-14H2,1-2H3/t19-,20-,25-,26-,27-,28-,29-,30+/m0/s1. The number of amides is 4. The normalized spacial score (nSPS) is 43.7. The van der Waals surface area contributed by atoms with Gasteiger partial charge in [-0.1, -0.05) is 58.0 Å². The van der Waals surface area contributed by atoms with Crippen LogP contribution < -0.4 is 10.6 Å². The van der Waals surface area contributed by atoms with E-state index in [0.29, 0.717) is 0 Å². The van der Waals surface area contributed by atoms with Crippen LogP contribution in [0.15, 0.2) is 48.5 Å². The van der Waals surface area contributed by atoms with Crippen molar-refractivity contribution < 1.29 is 29.4 Å². The summed E-state index contributed by atoms with van der Waals surface area (Å²) in [6.45, 7) is -1.07. The summed E-state index contributed by atoms with van der Waals surface area (Å²) in [6.07, 6.45) is -1.01. The molecule has 8 atom stereocenters. The third-order valence-corrected chi connectivity index (χ3v) is 19.3. The quantitative estimate of drug-likeness (QED) is 0.344. The monoisotopic (exact) mass is 696 g/mol. The number of likely N-dealkylation sites (N-methyl/N-ethyl adjacent to an activating group) is 2. The van der Waals surface area contributed by atoms with Gasteiger partial charge in [-0.15, -0.1) is 0 Å². The first-order valence-electron chi connectivity index (χ1n) is 15.0. The van der Waals surface area contributed by atoms with Crippen LogP contribution in [-0.4, -0.2) is 113 Å². The van der Waals surface area contributed by atoms with Crippen molar-refractivity contribution in [3.8, 4) is 0 Å². The van der Waals surface area contributed by atoms with E-state index in [-0.39, 0.29) is 36.5 Å². The lowest BCUT2D eigenvalue weighted by Crippen LogP contribution is -2.77. The fraction of sp³-hybridized carbons (Fsp3) is 0.467. The molecule has 0 aliphatic carbocycles. The van der Waals surface area contributed by atoms with Gasteiger partial charge in [-0.2, -0.15) is 0 Å². The molecule has 10 aliphatic rings. The Balaban J connectivity index is 1.29. The van der Waals surface area contributed by atoms with Gasteiger partial charge in [-0.3, -0.25) is 29.0 Å². The molecule has 2 aromatic rings. The third kappa shape index (κ3) is 2.48. The molecule has 238 valence electrons. The van der Waals surface area contributed by atoms with Crippen LogP contribution in [-0.2, 0) is 30.0 Å². The van der Waals surface area contributed by atoms with Crippen molar-refractivity contribution in [3.63, 3.8) is 0 Å². The molecule has 46 heavy (non-hydrogen) atoms. The van der Waals surface area contributed by atoms with Gasteiger partial charge in [0.1, 0.15) is 12.3 Å². The number of carbonyl (C=O) groups excluding carboxylic acids is 4. The number of aliphatic hydroxyl groups is 2. The van der Waals surface area contributed by atoms with Crippen LogP contribution in [0.5, 0.6) is 0 Å². The van der Waals surface area contributed by atoms with Crippen LogP contribution in [0.3, 0.4) is 0 Å². The predicted octanol–water partition coefficient (Wildman–Crippen LogP) is 1.33. The van der Waals surface area contributed by atoms with Crippen molar-refractivity contribution >= 4 is 78.2 Å². The van der Waals surface area contributed by atoms with Crippen molar-refractivity contribution in [1.29, 1.82) is 0 Å². The van der Waals surface area contributed by atoms with E-state index in [1.165, 1.54) is 53.0 Å². The lowest BCUT2D eigenvalue weighted by atomic mass is 9.54. The molecule has 12 nitrogen and oxygen atoms in total. The van der Waals surface area contributed by atoms with Gasteiger partial charge >= 0.3 is 0 Å². The van der Waals surface area contributed by atoms with Gasteiger partial charge in [0.15, 0.2) is 9.74 Å². The molecular formula is C30H28N6O6S4. The molecule has 2 spiro atoms. The number of fused-ring (bicyclic) bond motifs is 11. The number of hydrogen-bond donors (Lipinski definition) is 4. The fourth-order valence-electron chi connectivity index (χ4n) is 9.92. The zero-order valence-electron chi connectivity index (χ0n) is 24.6. The Morgan fingerprint density at radius 2 is 1.04 bits per heavy atom. The number of nitrogens with one attached hydrogen (secondary N) is 2. The van der Waals surface area contributed by atoms with E-state index in [4.69, 9.17) is 0 Å². The minimum atomic E-state index is -1.47. The van der Waals surface area contributed by atoms with Gasteiger partial charge in [0.25, 0.3) is 23.6 Å². The smallest absolute Gasteiger partial charge is 0.265 e. The molecule has 10 heterocycles. The van der Waals surface area contributed by atoms with E-state index in [1.807, 2.05) is 48.5 Å². The van der Waals surface area contributed by atoms with Crippen LogP contribution in [0, 0.1) is 0 Å². The summed E-state index contributed by atoms with van der Waals surface area (Å²) < 4.78 is 0. The molecule has 12 rings (SSSR count). The summed E-state index contributed by atoms with van der Waals surface area (Å²) in [5.41, 5.74) is 1.45. The van der Waals surface area contributed by atoms with Crippen LogP contribution in [0.1, 0.15) is 24.0 Å². The van der Waals surface area contributed by atoms with Crippen LogP contribution in [0.25, 0.3) is 0 Å². The molecular weight excluding hydrogens is 669 g/mol. The number of piperazine rings is 2. The van der Waals surface area contributed by atoms with E-state index >= 15 is 0 Å². The molecule has 4 N–H and O–H groups in total. The first kappa shape index (κ1) is 28.3. The third-order valence-electron chi connectivity index (χ3n) is 12.0. The van der Waals surface area contributed by atoms with Crippen molar-refractivity contribution in [2.45, 2.75) is 55.5 Å². The maximum Gasteiger partial charge on any atom is 0.265 e. The summed E-state index contributed by atoms with van der Waals surface area (Å²) >= 11 is 0. The zero-order valence-corrected chi connectivity index (χ0v) is 27.8. The average molecular weight is 697 g/mol. The largest absolute Gasteiger partial charge is 0.392 e. The summed E-state index contributed by atoms with van der Waals surface area (Å²) in [7, 11) is 8.28.